The minimum absolute atomic E-state index is 0.0377. The molecule has 0 saturated carbocycles. The maximum atomic E-state index is 11.1. The van der Waals surface area contributed by atoms with Crippen molar-refractivity contribution >= 4 is 37.2 Å². The fourth-order valence-electron chi connectivity index (χ4n) is 0.651. The molecule has 0 fully saturated rings. The van der Waals surface area contributed by atoms with Crippen LogP contribution in [0, 0.1) is 0 Å². The molecule has 0 heterocycles. The van der Waals surface area contributed by atoms with Gasteiger partial charge in [0.15, 0.2) is 0 Å². The Kier molecular flexibility index (Phi) is 6.84. The van der Waals surface area contributed by atoms with Crippen LogP contribution < -0.4 is 0 Å². The van der Waals surface area contributed by atoms with Gasteiger partial charge in [-0.3, -0.25) is 9.59 Å². The molecule has 0 aromatic heterocycles. The molecule has 88 valence electrons. The lowest BCUT2D eigenvalue weighted by molar-refractivity contribution is -0.156. The SMILES string of the molecule is CC(COC(=O)C(C)S)OC(=O)C(C)S. The molecular formula is C9H16O4S2. The number of esters is 2. The van der Waals surface area contributed by atoms with Crippen LogP contribution >= 0.6 is 25.3 Å². The van der Waals surface area contributed by atoms with Crippen LogP contribution in [-0.4, -0.2) is 35.1 Å². The Morgan fingerprint density at radius 3 is 1.93 bits per heavy atom. The van der Waals surface area contributed by atoms with Crippen LogP contribution in [0.4, 0.5) is 0 Å². The predicted octanol–water partition coefficient (Wildman–Crippen LogP) is 1.10. The summed E-state index contributed by atoms with van der Waals surface area (Å²) in [6.45, 7) is 4.90. The van der Waals surface area contributed by atoms with Gasteiger partial charge in [0.1, 0.15) is 12.7 Å². The fourth-order valence-corrected chi connectivity index (χ4v) is 0.786. The number of rotatable bonds is 5. The van der Waals surface area contributed by atoms with Crippen LogP contribution in [0.3, 0.4) is 0 Å². The van der Waals surface area contributed by atoms with Gasteiger partial charge in [0, 0.05) is 0 Å². The van der Waals surface area contributed by atoms with E-state index >= 15 is 0 Å². The molecule has 0 radical (unpaired) electrons. The fraction of sp³-hybridized carbons (Fsp3) is 0.778. The zero-order valence-corrected chi connectivity index (χ0v) is 10.8. The van der Waals surface area contributed by atoms with Crippen molar-refractivity contribution in [2.75, 3.05) is 6.61 Å². The van der Waals surface area contributed by atoms with Gasteiger partial charge < -0.3 is 9.47 Å². The van der Waals surface area contributed by atoms with Gasteiger partial charge in [0.05, 0.1) is 10.5 Å². The van der Waals surface area contributed by atoms with Crippen molar-refractivity contribution in [1.82, 2.24) is 0 Å². The number of carbonyl (C=O) groups excluding carboxylic acids is 2. The molecule has 0 amide bonds. The standard InChI is InChI=1S/C9H16O4S2/c1-5(13-9(11)7(3)15)4-12-8(10)6(2)14/h5-7,14-15H,4H2,1-3H3. The van der Waals surface area contributed by atoms with Crippen molar-refractivity contribution in [3.8, 4) is 0 Å². The van der Waals surface area contributed by atoms with Crippen molar-refractivity contribution in [3.05, 3.63) is 0 Å². The van der Waals surface area contributed by atoms with Crippen LogP contribution in [0.5, 0.6) is 0 Å². The summed E-state index contributed by atoms with van der Waals surface area (Å²) in [6, 6.07) is 0. The van der Waals surface area contributed by atoms with Gasteiger partial charge in [-0.15, -0.1) is 0 Å². The maximum Gasteiger partial charge on any atom is 0.318 e. The summed E-state index contributed by atoms with van der Waals surface area (Å²) in [6.07, 6.45) is -0.469. The van der Waals surface area contributed by atoms with E-state index < -0.39 is 28.5 Å². The highest BCUT2D eigenvalue weighted by Gasteiger charge is 2.16. The molecule has 3 atom stereocenters. The second kappa shape index (κ2) is 7.00. The van der Waals surface area contributed by atoms with Crippen molar-refractivity contribution in [2.45, 2.75) is 37.4 Å². The highest BCUT2D eigenvalue weighted by atomic mass is 32.1. The largest absolute Gasteiger partial charge is 0.461 e. The Morgan fingerprint density at radius 2 is 1.53 bits per heavy atom. The third-order valence-corrected chi connectivity index (χ3v) is 1.88. The monoisotopic (exact) mass is 252 g/mol. The van der Waals surface area contributed by atoms with E-state index in [9.17, 15) is 9.59 Å². The Labute approximate surface area is 101 Å². The van der Waals surface area contributed by atoms with Gasteiger partial charge in [0.2, 0.25) is 0 Å². The molecule has 0 aromatic rings. The third-order valence-electron chi connectivity index (χ3n) is 1.46. The molecule has 0 N–H and O–H groups in total. The lowest BCUT2D eigenvalue weighted by Gasteiger charge is -2.15. The second-order valence-electron chi connectivity index (χ2n) is 3.23. The molecule has 0 rings (SSSR count). The minimum Gasteiger partial charge on any atom is -0.461 e. The van der Waals surface area contributed by atoms with E-state index in [0.717, 1.165) is 0 Å². The van der Waals surface area contributed by atoms with Crippen LogP contribution in [0.1, 0.15) is 20.8 Å². The normalized spacial score (nSPS) is 16.3. The Hall–Kier alpha value is -0.360. The van der Waals surface area contributed by atoms with Crippen molar-refractivity contribution in [2.24, 2.45) is 0 Å². The van der Waals surface area contributed by atoms with Gasteiger partial charge in [-0.25, -0.2) is 0 Å². The number of thiol groups is 2. The summed E-state index contributed by atoms with van der Waals surface area (Å²) in [5.74, 6) is -0.860. The summed E-state index contributed by atoms with van der Waals surface area (Å²) in [4.78, 5) is 22.1. The molecule has 0 bridgehead atoms. The molecule has 0 spiro atoms. The smallest absolute Gasteiger partial charge is 0.318 e. The lowest BCUT2D eigenvalue weighted by Crippen LogP contribution is -2.27. The predicted molar refractivity (Wildman–Crippen MR) is 63.4 cm³/mol. The Balaban J connectivity index is 3.80. The van der Waals surface area contributed by atoms with Gasteiger partial charge in [-0.2, -0.15) is 25.3 Å². The number of ether oxygens (including phenoxy) is 2. The zero-order chi connectivity index (χ0) is 12.0. The van der Waals surface area contributed by atoms with Gasteiger partial charge in [-0.05, 0) is 20.8 Å². The van der Waals surface area contributed by atoms with E-state index in [1.807, 2.05) is 0 Å². The molecule has 15 heavy (non-hydrogen) atoms. The first kappa shape index (κ1) is 14.6. The maximum absolute atomic E-state index is 11.1. The second-order valence-corrected chi connectivity index (χ2v) is 4.78. The van der Waals surface area contributed by atoms with E-state index in [0.29, 0.717) is 0 Å². The van der Waals surface area contributed by atoms with Crippen molar-refractivity contribution in [1.29, 1.82) is 0 Å². The summed E-state index contributed by atoms with van der Waals surface area (Å²) in [5.41, 5.74) is 0. The van der Waals surface area contributed by atoms with Crippen LogP contribution in [0.2, 0.25) is 0 Å². The number of carbonyl (C=O) groups is 2. The van der Waals surface area contributed by atoms with E-state index in [-0.39, 0.29) is 6.61 Å². The molecule has 3 unspecified atom stereocenters. The third kappa shape index (κ3) is 6.67. The van der Waals surface area contributed by atoms with E-state index in [2.05, 4.69) is 25.3 Å². The van der Waals surface area contributed by atoms with Crippen LogP contribution in [0.15, 0.2) is 0 Å². The highest BCUT2D eigenvalue weighted by Crippen LogP contribution is 2.02. The quantitative estimate of drug-likeness (QED) is 0.568. The average molecular weight is 252 g/mol. The molecule has 4 nitrogen and oxygen atoms in total. The number of hydrogen-bond acceptors (Lipinski definition) is 6. The summed E-state index contributed by atoms with van der Waals surface area (Å²) < 4.78 is 9.75. The Bertz CT molecular complexity index is 228. The molecule has 6 heteroatoms. The van der Waals surface area contributed by atoms with E-state index in [1.54, 1.807) is 20.8 Å². The highest BCUT2D eigenvalue weighted by molar-refractivity contribution is 7.81. The molecular weight excluding hydrogens is 236 g/mol. The van der Waals surface area contributed by atoms with Gasteiger partial charge in [0.25, 0.3) is 0 Å². The summed E-state index contributed by atoms with van der Waals surface area (Å²) >= 11 is 7.82. The molecule has 0 saturated heterocycles. The molecule has 0 aliphatic rings. The van der Waals surface area contributed by atoms with E-state index in [4.69, 9.17) is 9.47 Å². The summed E-state index contributed by atoms with van der Waals surface area (Å²) in [7, 11) is 0. The first-order chi connectivity index (χ1) is 6.84. The molecule has 0 aliphatic heterocycles. The molecule has 0 aliphatic carbocycles. The van der Waals surface area contributed by atoms with Crippen LogP contribution in [-0.2, 0) is 19.1 Å². The first-order valence-electron chi connectivity index (χ1n) is 4.57. The molecule has 0 aromatic carbocycles. The van der Waals surface area contributed by atoms with Gasteiger partial charge >= 0.3 is 11.9 Å². The first-order valence-corrected chi connectivity index (χ1v) is 5.61. The average Bonchev–Trinajstić information content (AvgIpc) is 2.13. The van der Waals surface area contributed by atoms with Crippen molar-refractivity contribution < 1.29 is 19.1 Å². The minimum atomic E-state index is -0.480. The Morgan fingerprint density at radius 1 is 1.07 bits per heavy atom. The van der Waals surface area contributed by atoms with Crippen LogP contribution in [0.25, 0.3) is 0 Å². The summed E-state index contributed by atoms with van der Waals surface area (Å²) in [5, 5.41) is -0.955. The topological polar surface area (TPSA) is 52.6 Å². The zero-order valence-electron chi connectivity index (χ0n) is 8.97. The van der Waals surface area contributed by atoms with Crippen molar-refractivity contribution in [3.63, 3.8) is 0 Å². The van der Waals surface area contributed by atoms with Gasteiger partial charge in [-0.1, -0.05) is 0 Å². The van der Waals surface area contributed by atoms with E-state index in [1.165, 1.54) is 0 Å². The number of hydrogen-bond donors (Lipinski definition) is 2. The lowest BCUT2D eigenvalue weighted by atomic mass is 10.4.